The van der Waals surface area contributed by atoms with Gasteiger partial charge in [0.2, 0.25) is 0 Å². The molecule has 1 aromatic heterocycles. The molecule has 0 bridgehead atoms. The quantitative estimate of drug-likeness (QED) is 0.807. The summed E-state index contributed by atoms with van der Waals surface area (Å²) in [5, 5.41) is -0.730. The number of primary amides is 1. The second kappa shape index (κ2) is 4.15. The Morgan fingerprint density at radius 3 is 2.05 bits per heavy atom. The molecule has 0 fully saturated rings. The SMILES string of the molecule is NC(=O)c1c(C(F)(F)F)c2ccccc2n1C(F)(F)F. The number of amides is 1. The highest BCUT2D eigenvalue weighted by Gasteiger charge is 2.45. The molecule has 1 amide bonds. The number of nitrogens with two attached hydrogens (primary N) is 1. The number of aromatic nitrogens is 1. The summed E-state index contributed by atoms with van der Waals surface area (Å²) in [4.78, 5) is 11.1. The number of hydrogen-bond acceptors (Lipinski definition) is 1. The van der Waals surface area contributed by atoms with E-state index in [0.29, 0.717) is 0 Å². The highest BCUT2D eigenvalue weighted by molar-refractivity contribution is 6.01. The van der Waals surface area contributed by atoms with Gasteiger partial charge < -0.3 is 5.73 Å². The minimum Gasteiger partial charge on any atom is -0.364 e. The predicted octanol–water partition coefficient (Wildman–Crippen LogP) is 3.24. The van der Waals surface area contributed by atoms with Crippen LogP contribution < -0.4 is 5.73 Å². The van der Waals surface area contributed by atoms with Gasteiger partial charge in [-0.15, -0.1) is 13.2 Å². The number of halogens is 6. The summed E-state index contributed by atoms with van der Waals surface area (Å²) in [6, 6.07) is 3.97. The molecular weight excluding hydrogens is 290 g/mol. The van der Waals surface area contributed by atoms with Crippen molar-refractivity contribution in [2.75, 3.05) is 0 Å². The zero-order chi connectivity index (χ0) is 15.3. The number of para-hydroxylation sites is 1. The van der Waals surface area contributed by atoms with E-state index < -0.39 is 45.1 Å². The second-order valence-corrected chi connectivity index (χ2v) is 3.91. The first-order chi connectivity index (χ1) is 9.05. The summed E-state index contributed by atoms with van der Waals surface area (Å²) in [6.07, 6.45) is -10.3. The summed E-state index contributed by atoms with van der Waals surface area (Å²) < 4.78 is 77.0. The van der Waals surface area contributed by atoms with E-state index in [1.54, 1.807) is 0 Å². The normalized spacial score (nSPS) is 12.9. The van der Waals surface area contributed by atoms with Crippen molar-refractivity contribution in [3.63, 3.8) is 0 Å². The molecule has 0 radical (unpaired) electrons. The Balaban J connectivity index is 3.06. The lowest BCUT2D eigenvalue weighted by Gasteiger charge is -2.13. The van der Waals surface area contributed by atoms with Gasteiger partial charge in [-0.1, -0.05) is 18.2 Å². The zero-order valence-electron chi connectivity index (χ0n) is 9.51. The molecule has 108 valence electrons. The van der Waals surface area contributed by atoms with E-state index in [-0.39, 0.29) is 0 Å². The number of benzene rings is 1. The Morgan fingerprint density at radius 2 is 1.60 bits per heavy atom. The number of carbonyl (C=O) groups excluding carboxylic acids is 1. The maximum atomic E-state index is 13.0. The number of rotatable bonds is 1. The Hall–Kier alpha value is -2.19. The molecule has 2 rings (SSSR count). The van der Waals surface area contributed by atoms with Crippen molar-refractivity contribution >= 4 is 16.8 Å². The summed E-state index contributed by atoms with van der Waals surface area (Å²) in [7, 11) is 0. The molecule has 0 spiro atoms. The lowest BCUT2D eigenvalue weighted by Crippen LogP contribution is -2.27. The van der Waals surface area contributed by atoms with Crippen LogP contribution in [-0.2, 0) is 12.5 Å². The van der Waals surface area contributed by atoms with Crippen molar-refractivity contribution in [3.8, 4) is 0 Å². The topological polar surface area (TPSA) is 48.0 Å². The van der Waals surface area contributed by atoms with Crippen molar-refractivity contribution in [2.24, 2.45) is 5.73 Å². The lowest BCUT2D eigenvalue weighted by atomic mass is 10.1. The average molecular weight is 296 g/mol. The van der Waals surface area contributed by atoms with Crippen LogP contribution in [-0.4, -0.2) is 10.5 Å². The first-order valence-corrected chi connectivity index (χ1v) is 5.12. The van der Waals surface area contributed by atoms with Gasteiger partial charge in [-0.3, -0.25) is 4.79 Å². The molecule has 1 heterocycles. The smallest absolute Gasteiger partial charge is 0.364 e. The number of nitrogens with zero attached hydrogens (tertiary/aromatic N) is 1. The van der Waals surface area contributed by atoms with Crippen molar-refractivity contribution < 1.29 is 31.1 Å². The van der Waals surface area contributed by atoms with E-state index in [9.17, 15) is 31.1 Å². The molecule has 0 aliphatic carbocycles. The highest BCUT2D eigenvalue weighted by atomic mass is 19.4. The fourth-order valence-corrected chi connectivity index (χ4v) is 2.02. The molecule has 0 saturated carbocycles. The van der Waals surface area contributed by atoms with Crippen molar-refractivity contribution in [3.05, 3.63) is 35.5 Å². The third-order valence-corrected chi connectivity index (χ3v) is 2.65. The minimum atomic E-state index is -5.20. The molecule has 0 aliphatic heterocycles. The van der Waals surface area contributed by atoms with Gasteiger partial charge in [0.05, 0.1) is 11.1 Å². The maximum Gasteiger partial charge on any atom is 0.489 e. The molecule has 0 unspecified atom stereocenters. The molecule has 2 N–H and O–H groups in total. The Labute approximate surface area is 107 Å². The van der Waals surface area contributed by atoms with Gasteiger partial charge in [0.15, 0.2) is 0 Å². The summed E-state index contributed by atoms with van der Waals surface area (Å²) in [5.41, 5.74) is 0.634. The van der Waals surface area contributed by atoms with Crippen LogP contribution in [0.15, 0.2) is 24.3 Å². The molecule has 1 aromatic carbocycles. The molecule has 0 atom stereocenters. The number of carbonyl (C=O) groups is 1. The Morgan fingerprint density at radius 1 is 1.05 bits per heavy atom. The van der Waals surface area contributed by atoms with Crippen molar-refractivity contribution in [1.82, 2.24) is 4.57 Å². The van der Waals surface area contributed by atoms with Gasteiger partial charge >= 0.3 is 12.5 Å². The number of fused-ring (bicyclic) bond motifs is 1. The monoisotopic (exact) mass is 296 g/mol. The molecule has 0 aliphatic rings. The maximum absolute atomic E-state index is 13.0. The summed E-state index contributed by atoms with van der Waals surface area (Å²) >= 11 is 0. The van der Waals surface area contributed by atoms with E-state index in [2.05, 4.69) is 0 Å². The molecule has 2 aromatic rings. The first-order valence-electron chi connectivity index (χ1n) is 5.12. The van der Waals surface area contributed by atoms with Gasteiger partial charge in [-0.25, -0.2) is 4.57 Å². The highest BCUT2D eigenvalue weighted by Crippen LogP contribution is 2.42. The van der Waals surface area contributed by atoms with Crippen LogP contribution in [0.25, 0.3) is 10.9 Å². The molecular formula is C11H6F6N2O. The van der Waals surface area contributed by atoms with E-state index in [0.717, 1.165) is 24.3 Å². The second-order valence-electron chi connectivity index (χ2n) is 3.91. The van der Waals surface area contributed by atoms with Gasteiger partial charge in [-0.05, 0) is 6.07 Å². The van der Waals surface area contributed by atoms with Crippen LogP contribution in [0.2, 0.25) is 0 Å². The van der Waals surface area contributed by atoms with Crippen LogP contribution >= 0.6 is 0 Å². The average Bonchev–Trinajstić information content (AvgIpc) is 2.62. The van der Waals surface area contributed by atoms with Gasteiger partial charge in [0.1, 0.15) is 5.69 Å². The largest absolute Gasteiger partial charge is 0.489 e. The Kier molecular flexibility index (Phi) is 2.95. The summed E-state index contributed by atoms with van der Waals surface area (Å²) in [5.74, 6) is -1.80. The fraction of sp³-hybridized carbons (Fsp3) is 0.182. The van der Waals surface area contributed by atoms with Gasteiger partial charge in [-0.2, -0.15) is 13.2 Å². The van der Waals surface area contributed by atoms with Gasteiger partial charge in [0, 0.05) is 5.39 Å². The number of hydrogen-bond donors (Lipinski definition) is 1. The molecule has 9 heteroatoms. The first kappa shape index (κ1) is 14.2. The van der Waals surface area contributed by atoms with Crippen LogP contribution in [0.3, 0.4) is 0 Å². The zero-order valence-corrected chi connectivity index (χ0v) is 9.51. The molecule has 0 saturated heterocycles. The van der Waals surface area contributed by atoms with E-state index in [1.165, 1.54) is 0 Å². The van der Waals surface area contributed by atoms with Crippen molar-refractivity contribution in [1.29, 1.82) is 0 Å². The molecule has 3 nitrogen and oxygen atoms in total. The predicted molar refractivity (Wildman–Crippen MR) is 56.8 cm³/mol. The van der Waals surface area contributed by atoms with Crippen LogP contribution in [0.4, 0.5) is 26.3 Å². The van der Waals surface area contributed by atoms with E-state index in [4.69, 9.17) is 5.73 Å². The van der Waals surface area contributed by atoms with E-state index >= 15 is 0 Å². The standard InChI is InChI=1S/C11H6F6N2O/c12-10(13,14)7-5-3-1-2-4-6(5)19(11(15,16)17)8(7)9(18)20/h1-4H,(H2,18,20). The Bertz CT molecular complexity index is 632. The third-order valence-electron chi connectivity index (χ3n) is 2.65. The lowest BCUT2D eigenvalue weighted by molar-refractivity contribution is -0.202. The van der Waals surface area contributed by atoms with Crippen LogP contribution in [0.5, 0.6) is 0 Å². The third kappa shape index (κ3) is 2.08. The summed E-state index contributed by atoms with van der Waals surface area (Å²) in [6.45, 7) is 0. The fourth-order valence-electron chi connectivity index (χ4n) is 2.02. The molecule has 20 heavy (non-hydrogen) atoms. The van der Waals surface area contributed by atoms with Crippen LogP contribution in [0.1, 0.15) is 16.1 Å². The van der Waals surface area contributed by atoms with Gasteiger partial charge in [0.25, 0.3) is 5.91 Å². The van der Waals surface area contributed by atoms with E-state index in [1.807, 2.05) is 0 Å². The number of alkyl halides is 6. The van der Waals surface area contributed by atoms with Crippen LogP contribution in [0, 0.1) is 0 Å². The van der Waals surface area contributed by atoms with Crippen molar-refractivity contribution in [2.45, 2.75) is 12.5 Å². The minimum absolute atomic E-state index is 0.645.